The van der Waals surface area contributed by atoms with Gasteiger partial charge in [-0.1, -0.05) is 32.4 Å². The number of halogens is 1. The van der Waals surface area contributed by atoms with Crippen LogP contribution in [0, 0.1) is 11.3 Å². The fourth-order valence-electron chi connectivity index (χ4n) is 3.06. The normalized spacial score (nSPS) is 22.5. The average Bonchev–Trinajstić information content (AvgIpc) is 2.90. The van der Waals surface area contributed by atoms with Crippen LogP contribution in [0.15, 0.2) is 0 Å². The maximum absolute atomic E-state index is 6.49. The van der Waals surface area contributed by atoms with Crippen LogP contribution in [0.2, 0.25) is 5.02 Å². The largest absolute Gasteiger partial charge is 0.316 e. The Labute approximate surface area is 121 Å². The first kappa shape index (κ1) is 14.9. The molecule has 1 heterocycles. The van der Waals surface area contributed by atoms with E-state index in [1.165, 1.54) is 12.1 Å². The highest BCUT2D eigenvalue weighted by Crippen LogP contribution is 2.54. The van der Waals surface area contributed by atoms with E-state index in [0.29, 0.717) is 11.5 Å². The third-order valence-electron chi connectivity index (χ3n) is 4.55. The summed E-state index contributed by atoms with van der Waals surface area (Å²) in [6, 6.07) is 0.499. The van der Waals surface area contributed by atoms with E-state index in [9.17, 15) is 0 Å². The summed E-state index contributed by atoms with van der Waals surface area (Å²) in [4.78, 5) is 0. The molecule has 2 atom stereocenters. The van der Waals surface area contributed by atoms with E-state index in [-0.39, 0.29) is 0 Å². The molecule has 1 aliphatic rings. The van der Waals surface area contributed by atoms with Gasteiger partial charge in [-0.05, 0) is 38.1 Å². The molecule has 1 aliphatic carbocycles. The predicted molar refractivity (Wildman–Crippen MR) is 80.7 cm³/mol. The van der Waals surface area contributed by atoms with Gasteiger partial charge in [-0.2, -0.15) is 5.10 Å². The third kappa shape index (κ3) is 2.82. The zero-order valence-electron chi connectivity index (χ0n) is 12.8. The van der Waals surface area contributed by atoms with Crippen molar-refractivity contribution in [3.8, 4) is 0 Å². The number of nitrogens with zero attached hydrogens (tertiary/aromatic N) is 2. The molecule has 19 heavy (non-hydrogen) atoms. The summed E-state index contributed by atoms with van der Waals surface area (Å²) in [5.74, 6) is 0.749. The van der Waals surface area contributed by atoms with Crippen molar-refractivity contribution in [1.82, 2.24) is 15.1 Å². The minimum absolute atomic E-state index is 0.477. The summed E-state index contributed by atoms with van der Waals surface area (Å²) in [7, 11) is 2.06. The van der Waals surface area contributed by atoms with Crippen molar-refractivity contribution in [3.05, 3.63) is 16.4 Å². The molecule has 0 amide bonds. The molecule has 1 aromatic heterocycles. The molecule has 2 rings (SSSR count). The van der Waals surface area contributed by atoms with Crippen molar-refractivity contribution in [1.29, 1.82) is 0 Å². The Hall–Kier alpha value is -0.540. The van der Waals surface area contributed by atoms with E-state index >= 15 is 0 Å². The Bertz CT molecular complexity index is 450. The van der Waals surface area contributed by atoms with Crippen LogP contribution < -0.4 is 5.32 Å². The quantitative estimate of drug-likeness (QED) is 0.868. The summed E-state index contributed by atoms with van der Waals surface area (Å²) in [6.45, 7) is 9.81. The molecule has 0 aliphatic heterocycles. The van der Waals surface area contributed by atoms with E-state index < -0.39 is 0 Å². The summed E-state index contributed by atoms with van der Waals surface area (Å²) in [5, 5.41) is 8.96. The molecular weight excluding hydrogens is 258 g/mol. The van der Waals surface area contributed by atoms with Gasteiger partial charge < -0.3 is 5.32 Å². The van der Waals surface area contributed by atoms with Crippen LogP contribution in [0.3, 0.4) is 0 Å². The van der Waals surface area contributed by atoms with Gasteiger partial charge in [0.2, 0.25) is 0 Å². The van der Waals surface area contributed by atoms with Crippen molar-refractivity contribution in [2.75, 3.05) is 7.05 Å². The standard InChI is InChI=1S/C15H26ClN3/c1-6-11-14(16)13(19(7-2)18-11)8-12(17-5)10-9-15(10,3)4/h10,12,17H,6-9H2,1-5H3. The second-order valence-corrected chi connectivity index (χ2v) is 6.65. The molecule has 108 valence electrons. The Morgan fingerprint density at radius 3 is 2.53 bits per heavy atom. The van der Waals surface area contributed by atoms with Gasteiger partial charge in [-0.15, -0.1) is 0 Å². The topological polar surface area (TPSA) is 29.9 Å². The van der Waals surface area contributed by atoms with E-state index in [1.54, 1.807) is 0 Å². The van der Waals surface area contributed by atoms with Crippen LogP contribution in [0.5, 0.6) is 0 Å². The van der Waals surface area contributed by atoms with Gasteiger partial charge in [0, 0.05) is 19.0 Å². The van der Waals surface area contributed by atoms with Crippen LogP contribution in [-0.4, -0.2) is 22.9 Å². The number of hydrogen-bond donors (Lipinski definition) is 1. The smallest absolute Gasteiger partial charge is 0.0850 e. The minimum atomic E-state index is 0.477. The molecule has 0 spiro atoms. The van der Waals surface area contributed by atoms with Crippen molar-refractivity contribution >= 4 is 11.6 Å². The van der Waals surface area contributed by atoms with Crippen LogP contribution >= 0.6 is 11.6 Å². The Kier molecular flexibility index (Phi) is 4.26. The molecular formula is C15H26ClN3. The molecule has 1 aromatic rings. The van der Waals surface area contributed by atoms with Crippen LogP contribution in [0.1, 0.15) is 45.5 Å². The predicted octanol–water partition coefficient (Wildman–Crippen LogP) is 3.30. The molecule has 1 N–H and O–H groups in total. The molecule has 0 saturated heterocycles. The van der Waals surface area contributed by atoms with Gasteiger partial charge in [-0.25, -0.2) is 0 Å². The maximum atomic E-state index is 6.49. The van der Waals surface area contributed by atoms with E-state index in [0.717, 1.165) is 36.0 Å². The lowest BCUT2D eigenvalue weighted by atomic mass is 9.99. The molecule has 2 unspecified atom stereocenters. The number of aryl methyl sites for hydroxylation is 2. The zero-order chi connectivity index (χ0) is 14.2. The highest BCUT2D eigenvalue weighted by atomic mass is 35.5. The number of aromatic nitrogens is 2. The average molecular weight is 284 g/mol. The Morgan fingerprint density at radius 2 is 2.11 bits per heavy atom. The lowest BCUT2D eigenvalue weighted by Gasteiger charge is -2.18. The molecule has 0 aromatic carbocycles. The van der Waals surface area contributed by atoms with Gasteiger partial charge in [0.15, 0.2) is 0 Å². The fraction of sp³-hybridized carbons (Fsp3) is 0.800. The summed E-state index contributed by atoms with van der Waals surface area (Å²) >= 11 is 6.49. The van der Waals surface area contributed by atoms with Crippen molar-refractivity contribution in [3.63, 3.8) is 0 Å². The number of nitrogens with one attached hydrogen (secondary N) is 1. The van der Waals surface area contributed by atoms with Gasteiger partial charge in [0.05, 0.1) is 16.4 Å². The van der Waals surface area contributed by atoms with E-state index in [1.807, 2.05) is 0 Å². The second kappa shape index (κ2) is 5.45. The molecule has 1 saturated carbocycles. The second-order valence-electron chi connectivity index (χ2n) is 6.28. The maximum Gasteiger partial charge on any atom is 0.0850 e. The van der Waals surface area contributed by atoms with Gasteiger partial charge in [0.25, 0.3) is 0 Å². The van der Waals surface area contributed by atoms with E-state index in [2.05, 4.69) is 49.8 Å². The lowest BCUT2D eigenvalue weighted by Crippen LogP contribution is -2.32. The van der Waals surface area contributed by atoms with E-state index in [4.69, 9.17) is 11.6 Å². The Balaban J connectivity index is 2.20. The van der Waals surface area contributed by atoms with Crippen molar-refractivity contribution < 1.29 is 0 Å². The van der Waals surface area contributed by atoms with Gasteiger partial charge >= 0.3 is 0 Å². The van der Waals surface area contributed by atoms with Crippen LogP contribution in [0.25, 0.3) is 0 Å². The summed E-state index contributed by atoms with van der Waals surface area (Å²) < 4.78 is 2.07. The zero-order valence-corrected chi connectivity index (χ0v) is 13.5. The SMILES string of the molecule is CCc1nn(CC)c(CC(NC)C2CC2(C)C)c1Cl. The van der Waals surface area contributed by atoms with Gasteiger partial charge in [0.1, 0.15) is 0 Å². The van der Waals surface area contributed by atoms with Crippen molar-refractivity contribution in [2.24, 2.45) is 11.3 Å². The Morgan fingerprint density at radius 1 is 1.47 bits per heavy atom. The van der Waals surface area contributed by atoms with Gasteiger partial charge in [-0.3, -0.25) is 4.68 Å². The summed E-state index contributed by atoms with van der Waals surface area (Å²) in [5.41, 5.74) is 2.71. The summed E-state index contributed by atoms with van der Waals surface area (Å²) in [6.07, 6.45) is 3.18. The molecule has 1 fully saturated rings. The fourth-order valence-corrected chi connectivity index (χ4v) is 3.41. The highest BCUT2D eigenvalue weighted by molar-refractivity contribution is 6.31. The van der Waals surface area contributed by atoms with Crippen LogP contribution in [-0.2, 0) is 19.4 Å². The lowest BCUT2D eigenvalue weighted by molar-refractivity contribution is 0.415. The third-order valence-corrected chi connectivity index (χ3v) is 4.99. The van der Waals surface area contributed by atoms with Crippen LogP contribution in [0.4, 0.5) is 0 Å². The number of hydrogen-bond acceptors (Lipinski definition) is 2. The number of likely N-dealkylation sites (N-methyl/N-ethyl adjacent to an activating group) is 1. The molecule has 0 bridgehead atoms. The number of rotatable bonds is 6. The molecule has 4 heteroatoms. The first-order valence-electron chi connectivity index (χ1n) is 7.35. The minimum Gasteiger partial charge on any atom is -0.316 e. The molecule has 0 radical (unpaired) electrons. The monoisotopic (exact) mass is 283 g/mol. The highest BCUT2D eigenvalue weighted by Gasteiger charge is 2.49. The first-order chi connectivity index (χ1) is 8.94. The first-order valence-corrected chi connectivity index (χ1v) is 7.73. The molecule has 3 nitrogen and oxygen atoms in total. The van der Waals surface area contributed by atoms with Crippen molar-refractivity contribution in [2.45, 2.75) is 59.5 Å².